The lowest BCUT2D eigenvalue weighted by Crippen LogP contribution is -2.23. The summed E-state index contributed by atoms with van der Waals surface area (Å²) >= 11 is 0. The molecule has 24 heavy (non-hydrogen) atoms. The molecule has 0 radical (unpaired) electrons. The number of nitrogens with zero attached hydrogens (tertiary/aromatic N) is 2. The van der Waals surface area contributed by atoms with Crippen molar-refractivity contribution >= 4 is 5.91 Å². The molecule has 0 unspecified atom stereocenters. The first kappa shape index (κ1) is 15.7. The lowest BCUT2D eigenvalue weighted by atomic mass is 10.1. The number of ether oxygens (including phenoxy) is 1. The standard InChI is InChI=1S/C18H17N3O3/c1-12-6-5-7-13(10-12)11-19-16(22)18-21-20-17(24-18)14-8-3-4-9-15(14)23-2/h3-10H,11H2,1-2H3,(H,19,22). The second-order valence-corrected chi connectivity index (χ2v) is 5.28. The summed E-state index contributed by atoms with van der Waals surface area (Å²) in [5.74, 6) is 0.356. The molecule has 0 saturated heterocycles. The molecule has 0 bridgehead atoms. The van der Waals surface area contributed by atoms with Crippen molar-refractivity contribution in [1.29, 1.82) is 0 Å². The molecule has 0 spiro atoms. The van der Waals surface area contributed by atoms with Crippen LogP contribution in [0.3, 0.4) is 0 Å². The van der Waals surface area contributed by atoms with E-state index in [9.17, 15) is 4.79 Å². The first-order valence-electron chi connectivity index (χ1n) is 7.48. The molecule has 0 saturated carbocycles. The number of nitrogens with one attached hydrogen (secondary N) is 1. The zero-order valence-corrected chi connectivity index (χ0v) is 13.4. The van der Waals surface area contributed by atoms with Gasteiger partial charge < -0.3 is 14.5 Å². The highest BCUT2D eigenvalue weighted by Crippen LogP contribution is 2.28. The number of hydrogen-bond acceptors (Lipinski definition) is 5. The molecule has 0 fully saturated rings. The molecule has 1 heterocycles. The lowest BCUT2D eigenvalue weighted by molar-refractivity contribution is 0.0916. The van der Waals surface area contributed by atoms with Crippen LogP contribution in [-0.4, -0.2) is 23.2 Å². The van der Waals surface area contributed by atoms with Gasteiger partial charge in [0.05, 0.1) is 12.7 Å². The quantitative estimate of drug-likeness (QED) is 0.781. The van der Waals surface area contributed by atoms with E-state index in [4.69, 9.17) is 9.15 Å². The number of aryl methyl sites for hydroxylation is 1. The molecule has 0 aliphatic heterocycles. The number of carbonyl (C=O) groups is 1. The average molecular weight is 323 g/mol. The van der Waals surface area contributed by atoms with E-state index in [0.29, 0.717) is 17.9 Å². The van der Waals surface area contributed by atoms with Crippen molar-refractivity contribution in [3.05, 3.63) is 65.5 Å². The molecule has 0 atom stereocenters. The maximum absolute atomic E-state index is 12.2. The van der Waals surface area contributed by atoms with E-state index in [1.807, 2.05) is 43.3 Å². The fourth-order valence-electron chi connectivity index (χ4n) is 2.33. The Balaban J connectivity index is 1.72. The predicted octanol–water partition coefficient (Wildman–Crippen LogP) is 2.98. The van der Waals surface area contributed by atoms with Gasteiger partial charge in [-0.25, -0.2) is 0 Å². The van der Waals surface area contributed by atoms with E-state index < -0.39 is 5.91 Å². The molecule has 122 valence electrons. The Morgan fingerprint density at radius 1 is 1.17 bits per heavy atom. The van der Waals surface area contributed by atoms with Gasteiger partial charge in [-0.05, 0) is 24.6 Å². The van der Waals surface area contributed by atoms with E-state index in [0.717, 1.165) is 11.1 Å². The summed E-state index contributed by atoms with van der Waals surface area (Å²) in [6, 6.07) is 15.2. The minimum atomic E-state index is -0.412. The third-order valence-corrected chi connectivity index (χ3v) is 3.49. The molecule has 0 aliphatic carbocycles. The molecule has 1 aromatic heterocycles. The summed E-state index contributed by atoms with van der Waals surface area (Å²) in [7, 11) is 1.56. The molecule has 0 aliphatic rings. The van der Waals surface area contributed by atoms with Crippen molar-refractivity contribution in [3.63, 3.8) is 0 Å². The van der Waals surface area contributed by atoms with Crippen LogP contribution in [0.5, 0.6) is 5.75 Å². The number of benzene rings is 2. The van der Waals surface area contributed by atoms with Crippen molar-refractivity contribution in [3.8, 4) is 17.2 Å². The number of rotatable bonds is 5. The third-order valence-electron chi connectivity index (χ3n) is 3.49. The van der Waals surface area contributed by atoms with E-state index in [1.165, 1.54) is 0 Å². The maximum Gasteiger partial charge on any atom is 0.309 e. The highest BCUT2D eigenvalue weighted by atomic mass is 16.5. The highest BCUT2D eigenvalue weighted by Gasteiger charge is 2.17. The molecule has 6 nitrogen and oxygen atoms in total. The Labute approximate surface area is 139 Å². The van der Waals surface area contributed by atoms with E-state index >= 15 is 0 Å². The molecule has 2 aromatic carbocycles. The Morgan fingerprint density at radius 3 is 2.79 bits per heavy atom. The van der Waals surface area contributed by atoms with Gasteiger partial charge in [-0.1, -0.05) is 42.0 Å². The van der Waals surface area contributed by atoms with Gasteiger partial charge in [-0.15, -0.1) is 10.2 Å². The molecular weight excluding hydrogens is 306 g/mol. The Hall–Kier alpha value is -3.15. The molecule has 3 aromatic rings. The zero-order chi connectivity index (χ0) is 16.9. The predicted molar refractivity (Wildman–Crippen MR) is 88.6 cm³/mol. The Bertz CT molecular complexity index is 858. The minimum absolute atomic E-state index is 0.0800. The summed E-state index contributed by atoms with van der Waals surface area (Å²) in [6.45, 7) is 2.40. The van der Waals surface area contributed by atoms with Crippen molar-refractivity contribution in [1.82, 2.24) is 15.5 Å². The second-order valence-electron chi connectivity index (χ2n) is 5.28. The van der Waals surface area contributed by atoms with Gasteiger partial charge in [0.25, 0.3) is 5.89 Å². The van der Waals surface area contributed by atoms with Gasteiger partial charge in [0.1, 0.15) is 5.75 Å². The van der Waals surface area contributed by atoms with Crippen LogP contribution in [0.15, 0.2) is 52.9 Å². The number of hydrogen-bond donors (Lipinski definition) is 1. The first-order chi connectivity index (χ1) is 11.7. The summed E-state index contributed by atoms with van der Waals surface area (Å²) in [5, 5.41) is 10.5. The van der Waals surface area contributed by atoms with Crippen molar-refractivity contribution in [2.75, 3.05) is 7.11 Å². The van der Waals surface area contributed by atoms with Crippen LogP contribution < -0.4 is 10.1 Å². The summed E-state index contributed by atoms with van der Waals surface area (Å²) in [4.78, 5) is 12.2. The molecule has 3 rings (SSSR count). The summed E-state index contributed by atoms with van der Waals surface area (Å²) < 4.78 is 10.7. The van der Waals surface area contributed by atoms with Crippen LogP contribution >= 0.6 is 0 Å². The van der Waals surface area contributed by atoms with Gasteiger partial charge in [0.2, 0.25) is 0 Å². The van der Waals surface area contributed by atoms with Crippen LogP contribution in [0, 0.1) is 6.92 Å². The fraction of sp³-hybridized carbons (Fsp3) is 0.167. The van der Waals surface area contributed by atoms with E-state index in [2.05, 4.69) is 15.5 Å². The zero-order valence-electron chi connectivity index (χ0n) is 13.4. The highest BCUT2D eigenvalue weighted by molar-refractivity contribution is 5.89. The first-order valence-corrected chi connectivity index (χ1v) is 7.48. The van der Waals surface area contributed by atoms with Gasteiger partial charge in [0, 0.05) is 6.54 Å². The minimum Gasteiger partial charge on any atom is -0.496 e. The average Bonchev–Trinajstić information content (AvgIpc) is 3.09. The van der Waals surface area contributed by atoms with E-state index in [1.54, 1.807) is 19.2 Å². The lowest BCUT2D eigenvalue weighted by Gasteiger charge is -2.04. The van der Waals surface area contributed by atoms with Crippen molar-refractivity contribution < 1.29 is 13.9 Å². The van der Waals surface area contributed by atoms with Crippen molar-refractivity contribution in [2.45, 2.75) is 13.5 Å². The Kier molecular flexibility index (Phi) is 4.56. The summed E-state index contributed by atoms with van der Waals surface area (Å²) in [6.07, 6.45) is 0. The smallest absolute Gasteiger partial charge is 0.309 e. The number of carbonyl (C=O) groups excluding carboxylic acids is 1. The number of aromatic nitrogens is 2. The Morgan fingerprint density at radius 2 is 2.00 bits per heavy atom. The number of amides is 1. The molecular formula is C18H17N3O3. The van der Waals surface area contributed by atoms with Gasteiger partial charge in [-0.2, -0.15) is 0 Å². The number of para-hydroxylation sites is 1. The largest absolute Gasteiger partial charge is 0.496 e. The van der Waals surface area contributed by atoms with Crippen LogP contribution in [0.1, 0.15) is 21.8 Å². The van der Waals surface area contributed by atoms with E-state index in [-0.39, 0.29) is 11.8 Å². The summed E-state index contributed by atoms with van der Waals surface area (Å²) in [5.41, 5.74) is 2.79. The van der Waals surface area contributed by atoms with Crippen molar-refractivity contribution in [2.24, 2.45) is 0 Å². The van der Waals surface area contributed by atoms with Gasteiger partial charge >= 0.3 is 11.8 Å². The van der Waals surface area contributed by atoms with Gasteiger partial charge in [0.15, 0.2) is 0 Å². The monoisotopic (exact) mass is 323 g/mol. The number of methoxy groups -OCH3 is 1. The maximum atomic E-state index is 12.2. The van der Waals surface area contributed by atoms with Crippen LogP contribution in [0.4, 0.5) is 0 Å². The SMILES string of the molecule is COc1ccccc1-c1nnc(C(=O)NCc2cccc(C)c2)o1. The third kappa shape index (κ3) is 3.43. The molecule has 1 N–H and O–H groups in total. The van der Waals surface area contributed by atoms with Gasteiger partial charge in [-0.3, -0.25) is 4.79 Å². The van der Waals surface area contributed by atoms with Crippen LogP contribution in [-0.2, 0) is 6.54 Å². The topological polar surface area (TPSA) is 77.2 Å². The fourth-order valence-corrected chi connectivity index (χ4v) is 2.33. The normalized spacial score (nSPS) is 10.4. The molecule has 6 heteroatoms. The molecule has 1 amide bonds. The second kappa shape index (κ2) is 6.95. The van der Waals surface area contributed by atoms with Crippen LogP contribution in [0.25, 0.3) is 11.5 Å². The van der Waals surface area contributed by atoms with Crippen LogP contribution in [0.2, 0.25) is 0 Å².